The average Bonchev–Trinajstić information content (AvgIpc) is 2.39. The molecule has 0 saturated heterocycles. The summed E-state index contributed by atoms with van der Waals surface area (Å²) in [7, 11) is 1.82. The van der Waals surface area contributed by atoms with Crippen LogP contribution in [0.1, 0.15) is 25.3 Å². The molecule has 1 aromatic carbocycles. The van der Waals surface area contributed by atoms with Crippen LogP contribution in [0.25, 0.3) is 0 Å². The maximum Gasteiger partial charge on any atom is 0.223 e. The van der Waals surface area contributed by atoms with Crippen LogP contribution < -0.4 is 5.32 Å². The van der Waals surface area contributed by atoms with Crippen LogP contribution in [0.2, 0.25) is 0 Å². The lowest BCUT2D eigenvalue weighted by Gasteiger charge is -2.06. The highest BCUT2D eigenvalue weighted by molar-refractivity contribution is 7.99. The van der Waals surface area contributed by atoms with Gasteiger partial charge in [0.1, 0.15) is 5.03 Å². The van der Waals surface area contributed by atoms with Gasteiger partial charge in [0.05, 0.1) is 0 Å². The molecule has 1 heterocycles. The van der Waals surface area contributed by atoms with Crippen LogP contribution in [0.4, 0.5) is 5.95 Å². The molecule has 0 saturated carbocycles. The Morgan fingerprint density at radius 2 is 1.83 bits per heavy atom. The van der Waals surface area contributed by atoms with Gasteiger partial charge in [0, 0.05) is 18.1 Å². The Kier molecular flexibility index (Phi) is 4.20. The van der Waals surface area contributed by atoms with E-state index in [-0.39, 0.29) is 0 Å². The lowest BCUT2D eigenvalue weighted by molar-refractivity contribution is 0.865. The molecule has 0 radical (unpaired) electrons. The SMILES string of the molecule is CNc1nccc(Sc2ccc(C(C)C)cc2)n1. The molecule has 0 atom stereocenters. The van der Waals surface area contributed by atoms with E-state index in [2.05, 4.69) is 53.4 Å². The van der Waals surface area contributed by atoms with Crippen molar-refractivity contribution >= 4 is 17.7 Å². The minimum atomic E-state index is 0.569. The van der Waals surface area contributed by atoms with E-state index in [4.69, 9.17) is 0 Å². The fourth-order valence-electron chi connectivity index (χ4n) is 1.56. The summed E-state index contributed by atoms with van der Waals surface area (Å²) in [4.78, 5) is 9.68. The van der Waals surface area contributed by atoms with Crippen LogP contribution in [0, 0.1) is 0 Å². The summed E-state index contributed by atoms with van der Waals surface area (Å²) >= 11 is 1.65. The van der Waals surface area contributed by atoms with Gasteiger partial charge in [-0.25, -0.2) is 9.97 Å². The second kappa shape index (κ2) is 5.87. The Balaban J connectivity index is 2.13. The largest absolute Gasteiger partial charge is 0.357 e. The van der Waals surface area contributed by atoms with E-state index in [1.165, 1.54) is 10.5 Å². The number of nitrogens with one attached hydrogen (secondary N) is 1. The first kappa shape index (κ1) is 12.9. The van der Waals surface area contributed by atoms with Crippen molar-refractivity contribution in [1.82, 2.24) is 9.97 Å². The van der Waals surface area contributed by atoms with Crippen molar-refractivity contribution in [3.63, 3.8) is 0 Å². The van der Waals surface area contributed by atoms with Gasteiger partial charge in [0.15, 0.2) is 0 Å². The minimum absolute atomic E-state index is 0.569. The van der Waals surface area contributed by atoms with Gasteiger partial charge in [-0.1, -0.05) is 37.7 Å². The van der Waals surface area contributed by atoms with E-state index in [0.29, 0.717) is 11.9 Å². The molecule has 94 valence electrons. The molecule has 0 aliphatic rings. The Morgan fingerprint density at radius 3 is 2.44 bits per heavy atom. The number of nitrogens with zero attached hydrogens (tertiary/aromatic N) is 2. The number of anilines is 1. The topological polar surface area (TPSA) is 37.8 Å². The molecule has 2 aromatic rings. The predicted molar refractivity (Wildman–Crippen MR) is 76.2 cm³/mol. The van der Waals surface area contributed by atoms with Crippen LogP contribution in [0.3, 0.4) is 0 Å². The molecule has 1 N–H and O–H groups in total. The zero-order valence-electron chi connectivity index (χ0n) is 10.8. The van der Waals surface area contributed by atoms with Crippen molar-refractivity contribution in [2.45, 2.75) is 29.7 Å². The Labute approximate surface area is 112 Å². The van der Waals surface area contributed by atoms with Crippen LogP contribution >= 0.6 is 11.8 Å². The van der Waals surface area contributed by atoms with Crippen molar-refractivity contribution < 1.29 is 0 Å². The van der Waals surface area contributed by atoms with Crippen LogP contribution in [0.5, 0.6) is 0 Å². The summed E-state index contributed by atoms with van der Waals surface area (Å²) in [5.74, 6) is 1.22. The lowest BCUT2D eigenvalue weighted by Crippen LogP contribution is -1.95. The molecule has 0 amide bonds. The van der Waals surface area contributed by atoms with Crippen LogP contribution in [-0.2, 0) is 0 Å². The maximum absolute atomic E-state index is 4.38. The average molecular weight is 259 g/mol. The Hall–Kier alpha value is -1.55. The van der Waals surface area contributed by atoms with Gasteiger partial charge in [-0.2, -0.15) is 0 Å². The quantitative estimate of drug-likeness (QED) is 0.848. The summed E-state index contributed by atoms with van der Waals surface area (Å²) in [6, 6.07) is 10.5. The maximum atomic E-state index is 4.38. The summed E-state index contributed by atoms with van der Waals surface area (Å²) in [6.07, 6.45) is 1.77. The van der Waals surface area contributed by atoms with Crippen molar-refractivity contribution in [2.24, 2.45) is 0 Å². The molecule has 18 heavy (non-hydrogen) atoms. The van der Waals surface area contributed by atoms with Crippen LogP contribution in [-0.4, -0.2) is 17.0 Å². The molecule has 0 aliphatic carbocycles. The van der Waals surface area contributed by atoms with Gasteiger partial charge in [-0.3, -0.25) is 0 Å². The molecule has 2 rings (SSSR count). The Bertz CT molecular complexity index is 509. The third-order valence-corrected chi connectivity index (χ3v) is 3.57. The van der Waals surface area contributed by atoms with Gasteiger partial charge in [0.25, 0.3) is 0 Å². The zero-order chi connectivity index (χ0) is 13.0. The second-order valence-corrected chi connectivity index (χ2v) is 5.39. The lowest BCUT2D eigenvalue weighted by atomic mass is 10.0. The van der Waals surface area contributed by atoms with Gasteiger partial charge >= 0.3 is 0 Å². The predicted octanol–water partition coefficient (Wildman–Crippen LogP) is 3.79. The fraction of sp³-hybridized carbons (Fsp3) is 0.286. The fourth-order valence-corrected chi connectivity index (χ4v) is 2.34. The highest BCUT2D eigenvalue weighted by atomic mass is 32.2. The van der Waals surface area contributed by atoms with E-state index >= 15 is 0 Å². The van der Waals surface area contributed by atoms with Gasteiger partial charge in [-0.05, 0) is 29.7 Å². The monoisotopic (exact) mass is 259 g/mol. The molecule has 4 heteroatoms. The third kappa shape index (κ3) is 3.23. The first-order valence-electron chi connectivity index (χ1n) is 5.97. The molecule has 0 bridgehead atoms. The Morgan fingerprint density at radius 1 is 1.11 bits per heavy atom. The van der Waals surface area contributed by atoms with E-state index in [1.807, 2.05) is 13.1 Å². The molecule has 3 nitrogen and oxygen atoms in total. The van der Waals surface area contributed by atoms with Crippen LogP contribution in [0.15, 0.2) is 46.5 Å². The summed E-state index contributed by atoms with van der Waals surface area (Å²) in [5, 5.41) is 3.89. The number of aromatic nitrogens is 2. The number of hydrogen-bond acceptors (Lipinski definition) is 4. The highest BCUT2D eigenvalue weighted by Gasteiger charge is 2.02. The van der Waals surface area contributed by atoms with Crippen molar-refractivity contribution in [3.8, 4) is 0 Å². The molecule has 0 aliphatic heterocycles. The van der Waals surface area contributed by atoms with E-state index in [0.717, 1.165) is 5.03 Å². The number of hydrogen-bond donors (Lipinski definition) is 1. The molecular formula is C14H17N3S. The van der Waals surface area contributed by atoms with Gasteiger partial charge in [0.2, 0.25) is 5.95 Å². The molecule has 1 aromatic heterocycles. The highest BCUT2D eigenvalue weighted by Crippen LogP contribution is 2.27. The number of rotatable bonds is 4. The second-order valence-electron chi connectivity index (χ2n) is 4.29. The summed E-state index contributed by atoms with van der Waals surface area (Å²) in [5.41, 5.74) is 1.36. The molecular weight excluding hydrogens is 242 g/mol. The number of benzene rings is 1. The summed E-state index contributed by atoms with van der Waals surface area (Å²) < 4.78 is 0. The van der Waals surface area contributed by atoms with E-state index in [9.17, 15) is 0 Å². The van der Waals surface area contributed by atoms with Crippen molar-refractivity contribution in [2.75, 3.05) is 12.4 Å². The molecule has 0 spiro atoms. The first-order chi connectivity index (χ1) is 8.69. The zero-order valence-corrected chi connectivity index (χ0v) is 11.7. The van der Waals surface area contributed by atoms with Gasteiger partial charge < -0.3 is 5.32 Å². The van der Waals surface area contributed by atoms with Gasteiger partial charge in [-0.15, -0.1) is 0 Å². The molecule has 0 unspecified atom stereocenters. The van der Waals surface area contributed by atoms with Crippen molar-refractivity contribution in [3.05, 3.63) is 42.1 Å². The smallest absolute Gasteiger partial charge is 0.223 e. The minimum Gasteiger partial charge on any atom is -0.357 e. The summed E-state index contributed by atoms with van der Waals surface area (Å²) in [6.45, 7) is 4.40. The van der Waals surface area contributed by atoms with E-state index < -0.39 is 0 Å². The standard InChI is InChI=1S/C14H17N3S/c1-10(2)11-4-6-12(7-5-11)18-13-8-9-16-14(15-3)17-13/h4-10H,1-3H3,(H,15,16,17). The van der Waals surface area contributed by atoms with Crippen molar-refractivity contribution in [1.29, 1.82) is 0 Å². The normalized spacial score (nSPS) is 10.7. The van der Waals surface area contributed by atoms with E-state index in [1.54, 1.807) is 18.0 Å². The molecule has 0 fully saturated rings. The first-order valence-corrected chi connectivity index (χ1v) is 6.79. The third-order valence-electron chi connectivity index (χ3n) is 2.62.